The van der Waals surface area contributed by atoms with Crippen LogP contribution < -0.4 is 0 Å². The summed E-state index contributed by atoms with van der Waals surface area (Å²) in [5.74, 6) is -0.472. The fourth-order valence-corrected chi connectivity index (χ4v) is 5.52. The van der Waals surface area contributed by atoms with Gasteiger partial charge in [-0.1, -0.05) is 31.4 Å². The summed E-state index contributed by atoms with van der Waals surface area (Å²) >= 11 is 5.97. The minimum Gasteiger partial charge on any atom is -0.458 e. The largest absolute Gasteiger partial charge is 0.458 e. The van der Waals surface area contributed by atoms with E-state index in [1.165, 1.54) is 10.7 Å². The van der Waals surface area contributed by atoms with Gasteiger partial charge in [0.05, 0.1) is 17.4 Å². The maximum Gasteiger partial charge on any atom is 0.317 e. The summed E-state index contributed by atoms with van der Waals surface area (Å²) in [5.41, 5.74) is 1.47. The molecule has 0 N–H and O–H groups in total. The quantitative estimate of drug-likeness (QED) is 0.372. The number of Topliss-reactive ketones (excluding diaryl/α,β-unsaturated/α-hetero) is 1. The number of carbonyl (C=O) groups is 2. The molecular weight excluding hydrogens is 454 g/mol. The Morgan fingerprint density at radius 3 is 2.82 bits per heavy atom. The van der Waals surface area contributed by atoms with Crippen LogP contribution in [0.3, 0.4) is 0 Å². The van der Waals surface area contributed by atoms with Crippen molar-refractivity contribution >= 4 is 29.1 Å². The van der Waals surface area contributed by atoms with E-state index >= 15 is 0 Å². The van der Waals surface area contributed by atoms with Gasteiger partial charge in [-0.05, 0) is 55.7 Å². The number of aryl methyl sites for hydroxylation is 2. The number of hydrogen-bond acceptors (Lipinski definition) is 7. The summed E-state index contributed by atoms with van der Waals surface area (Å²) in [7, 11) is 0. The monoisotopic (exact) mass is 481 g/mol. The van der Waals surface area contributed by atoms with Gasteiger partial charge < -0.3 is 4.74 Å². The molecule has 178 valence electrons. The zero-order chi connectivity index (χ0) is 23.7. The van der Waals surface area contributed by atoms with E-state index < -0.39 is 17.5 Å². The summed E-state index contributed by atoms with van der Waals surface area (Å²) in [5, 5.41) is 4.76. The second-order valence-corrected chi connectivity index (χ2v) is 9.86. The van der Waals surface area contributed by atoms with Gasteiger partial charge >= 0.3 is 5.97 Å². The SMILES string of the molecule is CCc1cc(CCC2(C3CCCC3)CC(=O)C(Cc3nc4ncc(Cl)cn4n3)C(=O)O2)ccn1. The van der Waals surface area contributed by atoms with Crippen molar-refractivity contribution < 1.29 is 14.3 Å². The van der Waals surface area contributed by atoms with Gasteiger partial charge in [0, 0.05) is 24.7 Å². The van der Waals surface area contributed by atoms with Crippen molar-refractivity contribution in [3.05, 3.63) is 52.8 Å². The predicted molar refractivity (Wildman–Crippen MR) is 125 cm³/mol. The molecule has 0 radical (unpaired) electrons. The third kappa shape index (κ3) is 4.56. The number of carbonyl (C=O) groups excluding carboxylic acids is 2. The Morgan fingerprint density at radius 2 is 2.06 bits per heavy atom. The Balaban J connectivity index is 1.34. The maximum absolute atomic E-state index is 13.4. The third-order valence-electron chi connectivity index (χ3n) is 7.22. The van der Waals surface area contributed by atoms with Crippen molar-refractivity contribution in [3.63, 3.8) is 0 Å². The van der Waals surface area contributed by atoms with E-state index in [4.69, 9.17) is 16.3 Å². The molecule has 0 amide bonds. The third-order valence-corrected chi connectivity index (χ3v) is 7.42. The van der Waals surface area contributed by atoms with E-state index in [0.717, 1.165) is 49.8 Å². The number of hydrogen-bond donors (Lipinski definition) is 0. The van der Waals surface area contributed by atoms with Gasteiger partial charge in [-0.15, -0.1) is 5.10 Å². The Labute approximate surface area is 203 Å². The summed E-state index contributed by atoms with van der Waals surface area (Å²) < 4.78 is 7.67. The number of esters is 1. The van der Waals surface area contributed by atoms with Crippen molar-refractivity contribution in [2.24, 2.45) is 11.8 Å². The minimum atomic E-state index is -0.893. The van der Waals surface area contributed by atoms with Gasteiger partial charge in [-0.2, -0.15) is 4.98 Å². The van der Waals surface area contributed by atoms with Crippen LogP contribution in [-0.2, 0) is 33.6 Å². The molecule has 8 nitrogen and oxygen atoms in total. The van der Waals surface area contributed by atoms with Gasteiger partial charge in [0.1, 0.15) is 11.5 Å². The first-order valence-corrected chi connectivity index (χ1v) is 12.4. The van der Waals surface area contributed by atoms with Gasteiger partial charge in [-0.25, -0.2) is 9.50 Å². The predicted octanol–water partition coefficient (Wildman–Crippen LogP) is 3.97. The number of ether oxygens (including phenoxy) is 1. The number of cyclic esters (lactones) is 1. The average molecular weight is 482 g/mol. The van der Waals surface area contributed by atoms with E-state index in [9.17, 15) is 9.59 Å². The topological polar surface area (TPSA) is 99.3 Å². The lowest BCUT2D eigenvalue weighted by Crippen LogP contribution is -2.52. The van der Waals surface area contributed by atoms with Crippen molar-refractivity contribution in [3.8, 4) is 0 Å². The van der Waals surface area contributed by atoms with Crippen LogP contribution in [0.2, 0.25) is 5.02 Å². The molecule has 2 atom stereocenters. The Kier molecular flexibility index (Phi) is 6.34. The first-order valence-electron chi connectivity index (χ1n) is 12.0. The van der Waals surface area contributed by atoms with Crippen molar-refractivity contribution in [1.82, 2.24) is 24.6 Å². The molecular formula is C25H28ClN5O3. The minimum absolute atomic E-state index is 0.0861. The number of ketones is 1. The van der Waals surface area contributed by atoms with Crippen molar-refractivity contribution in [2.45, 2.75) is 70.3 Å². The molecule has 5 rings (SSSR count). The summed E-state index contributed by atoms with van der Waals surface area (Å²) in [4.78, 5) is 39.4. The number of pyridine rings is 1. The Morgan fingerprint density at radius 1 is 1.24 bits per heavy atom. The first-order chi connectivity index (χ1) is 16.5. The van der Waals surface area contributed by atoms with Crippen molar-refractivity contribution in [1.29, 1.82) is 0 Å². The van der Waals surface area contributed by atoms with Crippen LogP contribution in [0.15, 0.2) is 30.7 Å². The zero-order valence-electron chi connectivity index (χ0n) is 19.2. The number of aromatic nitrogens is 5. The standard InChI is InChI=1S/C25H28ClN5O3/c1-2-19-11-16(8-10-27-19)7-9-25(17-5-3-4-6-17)13-21(32)20(23(33)34-25)12-22-29-24-28-14-18(26)15-31(24)30-22/h8,10-11,14-15,17,20H,2-7,9,12-13H2,1H3. The number of nitrogens with zero attached hydrogens (tertiary/aromatic N) is 5. The summed E-state index contributed by atoms with van der Waals surface area (Å²) in [6, 6.07) is 4.11. The highest BCUT2D eigenvalue weighted by Gasteiger charge is 2.51. The average Bonchev–Trinajstić information content (AvgIpc) is 3.50. The van der Waals surface area contributed by atoms with E-state index in [2.05, 4.69) is 33.0 Å². The van der Waals surface area contributed by atoms with Gasteiger partial charge in [0.2, 0.25) is 0 Å². The van der Waals surface area contributed by atoms with E-state index in [0.29, 0.717) is 23.0 Å². The molecule has 1 aliphatic carbocycles. The molecule has 3 aromatic heterocycles. The van der Waals surface area contributed by atoms with Crippen LogP contribution in [0.1, 0.15) is 62.5 Å². The first kappa shape index (κ1) is 22.9. The molecule has 2 unspecified atom stereocenters. The zero-order valence-corrected chi connectivity index (χ0v) is 20.0. The lowest BCUT2D eigenvalue weighted by Gasteiger charge is -2.43. The highest BCUT2D eigenvalue weighted by molar-refractivity contribution is 6.30. The fraction of sp³-hybridized carbons (Fsp3) is 0.520. The second kappa shape index (κ2) is 9.41. The summed E-state index contributed by atoms with van der Waals surface area (Å²) in [6.45, 7) is 2.08. The van der Waals surface area contributed by atoms with Crippen LogP contribution in [0, 0.1) is 11.8 Å². The number of fused-ring (bicyclic) bond motifs is 1. The lowest BCUT2D eigenvalue weighted by atomic mass is 9.73. The molecule has 1 aliphatic heterocycles. The van der Waals surface area contributed by atoms with Crippen LogP contribution in [0.4, 0.5) is 0 Å². The highest BCUT2D eigenvalue weighted by atomic mass is 35.5. The van der Waals surface area contributed by atoms with Crippen molar-refractivity contribution in [2.75, 3.05) is 0 Å². The molecule has 0 bridgehead atoms. The lowest BCUT2D eigenvalue weighted by molar-refractivity contribution is -0.185. The Bertz CT molecular complexity index is 1200. The molecule has 3 aromatic rings. The molecule has 9 heteroatoms. The fourth-order valence-electron chi connectivity index (χ4n) is 5.38. The molecule has 1 saturated carbocycles. The smallest absolute Gasteiger partial charge is 0.317 e. The maximum atomic E-state index is 13.4. The Hall–Kier alpha value is -2.87. The van der Waals surface area contributed by atoms with E-state index in [1.807, 2.05) is 12.3 Å². The molecule has 2 aliphatic rings. The van der Waals surface area contributed by atoms with Crippen LogP contribution in [0.5, 0.6) is 0 Å². The molecule has 4 heterocycles. The van der Waals surface area contributed by atoms with E-state index in [1.54, 1.807) is 6.20 Å². The van der Waals surface area contributed by atoms with E-state index in [-0.39, 0.29) is 24.5 Å². The number of rotatable bonds is 7. The normalized spacial score (nSPS) is 23.5. The van der Waals surface area contributed by atoms with Crippen LogP contribution in [0.25, 0.3) is 5.78 Å². The number of halogens is 1. The van der Waals surface area contributed by atoms with Gasteiger partial charge in [0.15, 0.2) is 11.6 Å². The summed E-state index contributed by atoms with van der Waals surface area (Å²) in [6.07, 6.45) is 11.7. The highest BCUT2D eigenvalue weighted by Crippen LogP contribution is 2.45. The molecule has 2 fully saturated rings. The molecule has 0 aromatic carbocycles. The van der Waals surface area contributed by atoms with Gasteiger partial charge in [-0.3, -0.25) is 14.6 Å². The molecule has 34 heavy (non-hydrogen) atoms. The second-order valence-electron chi connectivity index (χ2n) is 9.42. The molecule has 1 saturated heterocycles. The van der Waals surface area contributed by atoms with Crippen LogP contribution >= 0.6 is 11.6 Å². The van der Waals surface area contributed by atoms with Crippen LogP contribution in [-0.4, -0.2) is 41.9 Å². The van der Waals surface area contributed by atoms with Gasteiger partial charge in [0.25, 0.3) is 5.78 Å². The molecule has 0 spiro atoms.